The first-order valence-electron chi connectivity index (χ1n) is 8.89. The molecule has 0 amide bonds. The van der Waals surface area contributed by atoms with Crippen LogP contribution in [0.1, 0.15) is 24.4 Å². The van der Waals surface area contributed by atoms with Crippen molar-refractivity contribution in [2.24, 2.45) is 0 Å². The van der Waals surface area contributed by atoms with Crippen LogP contribution in [0.25, 0.3) is 0 Å². The molecule has 0 radical (unpaired) electrons. The molecule has 0 fully saturated rings. The number of nitrogens with one attached hydrogen (secondary N) is 1. The molecule has 0 aliphatic heterocycles. The lowest BCUT2D eigenvalue weighted by molar-refractivity contribution is -0.141. The minimum absolute atomic E-state index is 0.394. The molecule has 29 heavy (non-hydrogen) atoms. The summed E-state index contributed by atoms with van der Waals surface area (Å²) in [6, 6.07) is 11.4. The number of nitrogens with zero attached hydrogens (tertiary/aromatic N) is 1. The Morgan fingerprint density at radius 1 is 1.14 bits per heavy atom. The van der Waals surface area contributed by atoms with Crippen LogP contribution in [0.3, 0.4) is 0 Å². The molecule has 1 atom stereocenters. The molecule has 0 aliphatic carbocycles. The summed E-state index contributed by atoms with van der Waals surface area (Å²) >= 11 is 6.04. The standard InChI is InChI=1S/C21H23ClN2O5/c1-26-16-11-15(12-17(13-16)29-9-5-4-8-23)24-20(21(25)28-3)18-7-6-14(22)10-19(18)27-2/h6-7,10-13,20,24H,4-5,9H2,1-3H3. The largest absolute Gasteiger partial charge is 0.497 e. The molecule has 2 aromatic carbocycles. The summed E-state index contributed by atoms with van der Waals surface area (Å²) in [5.41, 5.74) is 1.16. The minimum atomic E-state index is -0.842. The zero-order chi connectivity index (χ0) is 21.2. The number of carbonyl (C=O) groups excluding carboxylic acids is 1. The molecule has 0 bridgehead atoms. The lowest BCUT2D eigenvalue weighted by Crippen LogP contribution is -2.23. The average Bonchev–Trinajstić information content (AvgIpc) is 2.74. The van der Waals surface area contributed by atoms with Gasteiger partial charge in [-0.05, 0) is 18.6 Å². The predicted octanol–water partition coefficient (Wildman–Crippen LogP) is 4.37. The highest BCUT2D eigenvalue weighted by atomic mass is 35.5. The Hall–Kier alpha value is -3.11. The van der Waals surface area contributed by atoms with Crippen LogP contribution in [0.5, 0.6) is 17.2 Å². The van der Waals surface area contributed by atoms with E-state index >= 15 is 0 Å². The van der Waals surface area contributed by atoms with Crippen LogP contribution < -0.4 is 19.5 Å². The third kappa shape index (κ3) is 6.19. The fourth-order valence-corrected chi connectivity index (χ4v) is 2.83. The Bertz CT molecular complexity index is 882. The van der Waals surface area contributed by atoms with Crippen LogP contribution in [0.15, 0.2) is 36.4 Å². The molecular formula is C21H23ClN2O5. The van der Waals surface area contributed by atoms with Crippen molar-refractivity contribution in [1.29, 1.82) is 5.26 Å². The first kappa shape index (κ1) is 22.2. The Kier molecular flexibility index (Phi) is 8.44. The van der Waals surface area contributed by atoms with Gasteiger partial charge in [-0.2, -0.15) is 5.26 Å². The van der Waals surface area contributed by atoms with Crippen LogP contribution >= 0.6 is 11.6 Å². The van der Waals surface area contributed by atoms with Crippen LogP contribution in [-0.2, 0) is 9.53 Å². The Morgan fingerprint density at radius 2 is 1.90 bits per heavy atom. The number of nitriles is 1. The summed E-state index contributed by atoms with van der Waals surface area (Å²) < 4.78 is 21.4. The van der Waals surface area contributed by atoms with Crippen molar-refractivity contribution in [3.05, 3.63) is 47.0 Å². The first-order valence-corrected chi connectivity index (χ1v) is 9.26. The van der Waals surface area contributed by atoms with Crippen molar-refractivity contribution in [3.8, 4) is 23.3 Å². The molecule has 2 rings (SSSR count). The fraction of sp³-hybridized carbons (Fsp3) is 0.333. The number of benzene rings is 2. The molecule has 0 heterocycles. The van der Waals surface area contributed by atoms with E-state index in [9.17, 15) is 4.79 Å². The van der Waals surface area contributed by atoms with Crippen LogP contribution in [-0.4, -0.2) is 33.9 Å². The van der Waals surface area contributed by atoms with Crippen molar-refractivity contribution >= 4 is 23.3 Å². The van der Waals surface area contributed by atoms with E-state index in [1.807, 2.05) is 0 Å². The number of halogens is 1. The van der Waals surface area contributed by atoms with E-state index in [4.69, 9.17) is 35.8 Å². The monoisotopic (exact) mass is 418 g/mol. The van der Waals surface area contributed by atoms with Gasteiger partial charge in [0.2, 0.25) is 0 Å². The maximum absolute atomic E-state index is 12.5. The summed E-state index contributed by atoms with van der Waals surface area (Å²) in [7, 11) is 4.36. The van der Waals surface area contributed by atoms with Crippen molar-refractivity contribution in [2.45, 2.75) is 18.9 Å². The molecule has 7 nitrogen and oxygen atoms in total. The van der Waals surface area contributed by atoms with Gasteiger partial charge < -0.3 is 24.3 Å². The quantitative estimate of drug-likeness (QED) is 0.452. The second-order valence-corrected chi connectivity index (χ2v) is 6.43. The molecule has 8 heteroatoms. The van der Waals surface area contributed by atoms with Gasteiger partial charge in [0.15, 0.2) is 6.04 Å². The Labute approximate surface area is 175 Å². The fourth-order valence-electron chi connectivity index (χ4n) is 2.67. The normalized spacial score (nSPS) is 11.1. The Morgan fingerprint density at radius 3 is 2.55 bits per heavy atom. The summed E-state index contributed by atoms with van der Waals surface area (Å²) in [4.78, 5) is 12.5. The second kappa shape index (κ2) is 11.0. The molecule has 1 N–H and O–H groups in total. The number of hydrogen-bond acceptors (Lipinski definition) is 7. The molecular weight excluding hydrogens is 396 g/mol. The molecule has 0 saturated carbocycles. The number of ether oxygens (including phenoxy) is 4. The van der Waals surface area contributed by atoms with Gasteiger partial charge in [-0.3, -0.25) is 0 Å². The highest BCUT2D eigenvalue weighted by Gasteiger charge is 2.25. The van der Waals surface area contributed by atoms with Crippen molar-refractivity contribution in [3.63, 3.8) is 0 Å². The lowest BCUT2D eigenvalue weighted by atomic mass is 10.0. The maximum atomic E-state index is 12.5. The summed E-state index contributed by atoms with van der Waals surface area (Å²) in [5, 5.41) is 12.3. The molecule has 1 unspecified atom stereocenters. The number of carbonyl (C=O) groups is 1. The van der Waals surface area contributed by atoms with Gasteiger partial charge >= 0.3 is 5.97 Å². The third-order valence-electron chi connectivity index (χ3n) is 4.07. The smallest absolute Gasteiger partial charge is 0.333 e. The number of hydrogen-bond donors (Lipinski definition) is 1. The van der Waals surface area contributed by atoms with Crippen LogP contribution in [0.4, 0.5) is 5.69 Å². The number of anilines is 1. The number of esters is 1. The molecule has 0 saturated heterocycles. The van der Waals surface area contributed by atoms with E-state index in [-0.39, 0.29) is 0 Å². The molecule has 0 aliphatic rings. The van der Waals surface area contributed by atoms with E-state index in [0.29, 0.717) is 53.0 Å². The van der Waals surface area contributed by atoms with Crippen LogP contribution in [0.2, 0.25) is 5.02 Å². The SMILES string of the molecule is COC(=O)C(Nc1cc(OC)cc(OCCCC#N)c1)c1ccc(Cl)cc1OC. The van der Waals surface area contributed by atoms with Gasteiger partial charge in [-0.15, -0.1) is 0 Å². The second-order valence-electron chi connectivity index (χ2n) is 5.99. The van der Waals surface area contributed by atoms with Gasteiger partial charge in [-0.1, -0.05) is 17.7 Å². The van der Waals surface area contributed by atoms with E-state index < -0.39 is 12.0 Å². The summed E-state index contributed by atoms with van der Waals surface area (Å²) in [6.45, 7) is 0.394. The number of methoxy groups -OCH3 is 3. The van der Waals surface area contributed by atoms with Crippen molar-refractivity contribution < 1.29 is 23.7 Å². The molecule has 0 spiro atoms. The zero-order valence-electron chi connectivity index (χ0n) is 16.5. The van der Waals surface area contributed by atoms with Gasteiger partial charge in [-0.25, -0.2) is 4.79 Å². The number of rotatable bonds is 10. The predicted molar refractivity (Wildman–Crippen MR) is 110 cm³/mol. The highest BCUT2D eigenvalue weighted by Crippen LogP contribution is 2.34. The van der Waals surface area contributed by atoms with Gasteiger partial charge in [0.25, 0.3) is 0 Å². The minimum Gasteiger partial charge on any atom is -0.497 e. The summed E-state index contributed by atoms with van der Waals surface area (Å²) in [6.07, 6.45) is 1.03. The molecule has 0 aromatic heterocycles. The average molecular weight is 419 g/mol. The third-order valence-corrected chi connectivity index (χ3v) is 4.31. The number of unbranched alkanes of at least 4 members (excludes halogenated alkanes) is 1. The van der Waals surface area contributed by atoms with E-state index in [2.05, 4.69) is 11.4 Å². The van der Waals surface area contributed by atoms with Gasteiger partial charge in [0, 0.05) is 40.9 Å². The maximum Gasteiger partial charge on any atom is 0.333 e. The topological polar surface area (TPSA) is 89.8 Å². The first-order chi connectivity index (χ1) is 14.0. The van der Waals surface area contributed by atoms with E-state index in [1.165, 1.54) is 14.2 Å². The molecule has 154 valence electrons. The van der Waals surface area contributed by atoms with E-state index in [0.717, 1.165) is 0 Å². The zero-order valence-corrected chi connectivity index (χ0v) is 17.3. The van der Waals surface area contributed by atoms with E-state index in [1.54, 1.807) is 43.5 Å². The van der Waals surface area contributed by atoms with Crippen molar-refractivity contribution in [2.75, 3.05) is 33.3 Å². The Balaban J connectivity index is 2.33. The van der Waals surface area contributed by atoms with Gasteiger partial charge in [0.1, 0.15) is 17.2 Å². The highest BCUT2D eigenvalue weighted by molar-refractivity contribution is 6.30. The van der Waals surface area contributed by atoms with Crippen molar-refractivity contribution in [1.82, 2.24) is 0 Å². The van der Waals surface area contributed by atoms with Crippen LogP contribution in [0, 0.1) is 11.3 Å². The van der Waals surface area contributed by atoms with Gasteiger partial charge in [0.05, 0.1) is 34.0 Å². The summed E-state index contributed by atoms with van der Waals surface area (Å²) in [5.74, 6) is 1.06. The lowest BCUT2D eigenvalue weighted by Gasteiger charge is -2.21. The molecule has 2 aromatic rings.